The summed E-state index contributed by atoms with van der Waals surface area (Å²) in [6.45, 7) is 2.76. The maximum Gasteiger partial charge on any atom is 0.311 e. The Morgan fingerprint density at radius 2 is 2.00 bits per heavy atom. The Balaban J connectivity index is 2.27. The van der Waals surface area contributed by atoms with Gasteiger partial charge < -0.3 is 10.1 Å². The molecule has 104 valence electrons. The second kappa shape index (κ2) is 6.16. The van der Waals surface area contributed by atoms with Crippen LogP contribution in [0, 0.1) is 17.0 Å². The van der Waals surface area contributed by atoms with Crippen molar-refractivity contribution in [3.63, 3.8) is 0 Å². The van der Waals surface area contributed by atoms with Crippen molar-refractivity contribution in [3.8, 4) is 11.5 Å². The number of nitrogens with zero attached hydrogens (tertiary/aromatic N) is 1. The average molecular weight is 272 g/mol. The molecule has 1 N–H and O–H groups in total. The quantitative estimate of drug-likeness (QED) is 0.669. The van der Waals surface area contributed by atoms with Gasteiger partial charge in [0.2, 0.25) is 5.75 Å². The Morgan fingerprint density at radius 3 is 2.65 bits per heavy atom. The standard InChI is InChI=1S/C15H16N2O3/c1-11-9-13(8-7-12(11)10-16-2)20-15-6-4-3-5-14(15)17(18)19/h3-9,16H,10H2,1-2H3. The highest BCUT2D eigenvalue weighted by Gasteiger charge is 2.14. The molecule has 2 aromatic rings. The van der Waals surface area contributed by atoms with Gasteiger partial charge in [0.15, 0.2) is 0 Å². The van der Waals surface area contributed by atoms with Crippen molar-refractivity contribution in [2.24, 2.45) is 0 Å². The van der Waals surface area contributed by atoms with Crippen LogP contribution in [0.1, 0.15) is 11.1 Å². The van der Waals surface area contributed by atoms with Crippen molar-refractivity contribution in [2.75, 3.05) is 7.05 Å². The predicted molar refractivity (Wildman–Crippen MR) is 77.1 cm³/mol. The third kappa shape index (κ3) is 3.13. The number of hydrogen-bond acceptors (Lipinski definition) is 4. The monoisotopic (exact) mass is 272 g/mol. The van der Waals surface area contributed by atoms with Gasteiger partial charge in [-0.2, -0.15) is 0 Å². The molecule has 0 heterocycles. The van der Waals surface area contributed by atoms with E-state index in [1.54, 1.807) is 18.2 Å². The van der Waals surface area contributed by atoms with E-state index < -0.39 is 4.92 Å². The first-order valence-corrected chi connectivity index (χ1v) is 6.27. The van der Waals surface area contributed by atoms with E-state index >= 15 is 0 Å². The maximum absolute atomic E-state index is 10.9. The topological polar surface area (TPSA) is 64.4 Å². The number of nitro benzene ring substituents is 1. The zero-order valence-electron chi connectivity index (χ0n) is 11.4. The van der Waals surface area contributed by atoms with Gasteiger partial charge in [-0.25, -0.2) is 0 Å². The summed E-state index contributed by atoms with van der Waals surface area (Å²) >= 11 is 0. The molecule has 0 unspecified atom stereocenters. The van der Waals surface area contributed by atoms with Gasteiger partial charge in [-0.15, -0.1) is 0 Å². The van der Waals surface area contributed by atoms with Crippen LogP contribution in [0.4, 0.5) is 5.69 Å². The first kappa shape index (κ1) is 14.0. The second-order valence-electron chi connectivity index (χ2n) is 4.45. The van der Waals surface area contributed by atoms with E-state index in [-0.39, 0.29) is 11.4 Å². The molecule has 0 aliphatic carbocycles. The van der Waals surface area contributed by atoms with Gasteiger partial charge in [0.25, 0.3) is 0 Å². The number of nitrogens with one attached hydrogen (secondary N) is 1. The number of benzene rings is 2. The zero-order valence-corrected chi connectivity index (χ0v) is 11.4. The highest BCUT2D eigenvalue weighted by atomic mass is 16.6. The van der Waals surface area contributed by atoms with Crippen LogP contribution < -0.4 is 10.1 Å². The summed E-state index contributed by atoms with van der Waals surface area (Å²) in [5.41, 5.74) is 2.21. The molecule has 2 aromatic carbocycles. The highest BCUT2D eigenvalue weighted by Crippen LogP contribution is 2.31. The number of rotatable bonds is 5. The van der Waals surface area contributed by atoms with E-state index in [1.165, 1.54) is 11.6 Å². The van der Waals surface area contributed by atoms with Crippen molar-refractivity contribution in [2.45, 2.75) is 13.5 Å². The summed E-state index contributed by atoms with van der Waals surface area (Å²) in [7, 11) is 1.89. The molecule has 5 nitrogen and oxygen atoms in total. The Bertz CT molecular complexity index is 626. The zero-order chi connectivity index (χ0) is 14.5. The lowest BCUT2D eigenvalue weighted by molar-refractivity contribution is -0.385. The van der Waals surface area contributed by atoms with Crippen molar-refractivity contribution < 1.29 is 9.66 Å². The van der Waals surface area contributed by atoms with Crippen LogP contribution >= 0.6 is 0 Å². The van der Waals surface area contributed by atoms with E-state index in [0.29, 0.717) is 5.75 Å². The highest BCUT2D eigenvalue weighted by molar-refractivity contribution is 5.48. The summed E-state index contributed by atoms with van der Waals surface area (Å²) in [6.07, 6.45) is 0. The SMILES string of the molecule is CNCc1ccc(Oc2ccccc2[N+](=O)[O-])cc1C. The van der Waals surface area contributed by atoms with E-state index in [4.69, 9.17) is 4.74 Å². The Kier molecular flexibility index (Phi) is 4.32. The Labute approximate surface area is 117 Å². The van der Waals surface area contributed by atoms with Crippen LogP contribution in [0.15, 0.2) is 42.5 Å². The molecule has 0 aliphatic heterocycles. The normalized spacial score (nSPS) is 10.3. The molecule has 0 fully saturated rings. The number of nitro groups is 1. The van der Waals surface area contributed by atoms with E-state index in [1.807, 2.05) is 32.2 Å². The van der Waals surface area contributed by atoms with Gasteiger partial charge in [0.05, 0.1) is 4.92 Å². The number of aryl methyl sites for hydroxylation is 1. The minimum Gasteiger partial charge on any atom is -0.450 e. The predicted octanol–water partition coefficient (Wildman–Crippen LogP) is 3.41. The summed E-state index contributed by atoms with van der Waals surface area (Å²) < 4.78 is 5.62. The van der Waals surface area contributed by atoms with E-state index in [9.17, 15) is 10.1 Å². The molecule has 0 saturated heterocycles. The summed E-state index contributed by atoms with van der Waals surface area (Å²) in [6, 6.07) is 12.0. The molecule has 0 aliphatic rings. The van der Waals surface area contributed by atoms with Crippen LogP contribution in [-0.4, -0.2) is 12.0 Å². The third-order valence-corrected chi connectivity index (χ3v) is 2.97. The van der Waals surface area contributed by atoms with Crippen molar-refractivity contribution >= 4 is 5.69 Å². The van der Waals surface area contributed by atoms with Crippen LogP contribution in [0.3, 0.4) is 0 Å². The third-order valence-electron chi connectivity index (χ3n) is 2.97. The summed E-state index contributed by atoms with van der Waals surface area (Å²) in [5.74, 6) is 0.843. The number of ether oxygens (including phenoxy) is 1. The second-order valence-corrected chi connectivity index (χ2v) is 4.45. The van der Waals surface area contributed by atoms with Crippen LogP contribution in [0.5, 0.6) is 11.5 Å². The molecule has 0 bridgehead atoms. The van der Waals surface area contributed by atoms with E-state index in [2.05, 4.69) is 5.32 Å². The fourth-order valence-corrected chi connectivity index (χ4v) is 1.94. The maximum atomic E-state index is 10.9. The van der Waals surface area contributed by atoms with E-state index in [0.717, 1.165) is 12.1 Å². The minimum atomic E-state index is -0.447. The van der Waals surface area contributed by atoms with Crippen LogP contribution in [0.25, 0.3) is 0 Å². The van der Waals surface area contributed by atoms with Crippen LogP contribution in [0.2, 0.25) is 0 Å². The molecule has 0 amide bonds. The summed E-state index contributed by atoms with van der Waals surface area (Å²) in [5, 5.41) is 14.0. The lowest BCUT2D eigenvalue weighted by Crippen LogP contribution is -2.06. The fraction of sp³-hybridized carbons (Fsp3) is 0.200. The summed E-state index contributed by atoms with van der Waals surface area (Å²) in [4.78, 5) is 10.5. The van der Waals surface area contributed by atoms with Gasteiger partial charge in [-0.1, -0.05) is 18.2 Å². The largest absolute Gasteiger partial charge is 0.450 e. The molecule has 5 heteroatoms. The van der Waals surface area contributed by atoms with Crippen molar-refractivity contribution in [1.82, 2.24) is 5.32 Å². The fourth-order valence-electron chi connectivity index (χ4n) is 1.94. The first-order valence-electron chi connectivity index (χ1n) is 6.27. The molecule has 20 heavy (non-hydrogen) atoms. The van der Waals surface area contributed by atoms with Gasteiger partial charge in [0.1, 0.15) is 5.75 Å². The molecule has 0 atom stereocenters. The molecule has 0 aromatic heterocycles. The Hall–Kier alpha value is -2.40. The number of para-hydroxylation sites is 2. The first-order chi connectivity index (χ1) is 9.61. The van der Waals surface area contributed by atoms with Crippen LogP contribution in [-0.2, 0) is 6.54 Å². The minimum absolute atomic E-state index is 0.0375. The van der Waals surface area contributed by atoms with Gasteiger partial charge in [0, 0.05) is 12.6 Å². The average Bonchev–Trinajstić information content (AvgIpc) is 2.42. The molecule has 0 radical (unpaired) electrons. The molecule has 2 rings (SSSR count). The lowest BCUT2D eigenvalue weighted by Gasteiger charge is -2.10. The van der Waals surface area contributed by atoms with Gasteiger partial charge in [-0.3, -0.25) is 10.1 Å². The van der Waals surface area contributed by atoms with Gasteiger partial charge in [-0.05, 0) is 43.3 Å². The van der Waals surface area contributed by atoms with Crippen molar-refractivity contribution in [1.29, 1.82) is 0 Å². The lowest BCUT2D eigenvalue weighted by atomic mass is 10.1. The number of hydrogen-bond donors (Lipinski definition) is 1. The molecule has 0 spiro atoms. The molecule has 0 saturated carbocycles. The molecular weight excluding hydrogens is 256 g/mol. The Morgan fingerprint density at radius 1 is 1.25 bits per heavy atom. The van der Waals surface area contributed by atoms with Gasteiger partial charge >= 0.3 is 5.69 Å². The smallest absolute Gasteiger partial charge is 0.311 e. The molecular formula is C15H16N2O3. The van der Waals surface area contributed by atoms with Crippen molar-refractivity contribution in [3.05, 3.63) is 63.7 Å².